The highest BCUT2D eigenvalue weighted by molar-refractivity contribution is 7.91. The fraction of sp³-hybridized carbons (Fsp3) is 0.522. The SMILES string of the molecule is COC(=O)N1c2ccc3c(nc(CCn4cccn4)n3C3CCCS(=O)(=O)C3)c2CC[C@@H]1C. The van der Waals surface area contributed by atoms with E-state index in [1.54, 1.807) is 11.1 Å². The fourth-order valence-electron chi connectivity index (χ4n) is 5.26. The van der Waals surface area contributed by atoms with Crippen LogP contribution >= 0.6 is 0 Å². The highest BCUT2D eigenvalue weighted by atomic mass is 32.2. The van der Waals surface area contributed by atoms with Crippen LogP contribution in [0.3, 0.4) is 0 Å². The van der Waals surface area contributed by atoms with E-state index in [1.807, 2.05) is 36.0 Å². The number of nitrogens with zero attached hydrogens (tertiary/aromatic N) is 5. The Morgan fingerprint density at radius 3 is 2.85 bits per heavy atom. The van der Waals surface area contributed by atoms with Gasteiger partial charge in [0.2, 0.25) is 0 Å². The highest BCUT2D eigenvalue weighted by Crippen LogP contribution is 2.38. The van der Waals surface area contributed by atoms with Crippen LogP contribution in [-0.4, -0.2) is 58.5 Å². The van der Waals surface area contributed by atoms with Gasteiger partial charge in [0.25, 0.3) is 0 Å². The number of hydrogen-bond acceptors (Lipinski definition) is 6. The summed E-state index contributed by atoms with van der Waals surface area (Å²) in [7, 11) is -1.69. The molecule has 176 valence electrons. The van der Waals surface area contributed by atoms with Crippen LogP contribution < -0.4 is 4.90 Å². The van der Waals surface area contributed by atoms with Crippen molar-refractivity contribution in [3.05, 3.63) is 42.0 Å². The average Bonchev–Trinajstić information content (AvgIpc) is 3.43. The normalized spacial score (nSPS) is 22.3. The van der Waals surface area contributed by atoms with Gasteiger partial charge in [-0.05, 0) is 50.8 Å². The van der Waals surface area contributed by atoms with Crippen LogP contribution in [-0.2, 0) is 34.0 Å². The maximum atomic E-state index is 12.5. The highest BCUT2D eigenvalue weighted by Gasteiger charge is 2.33. The molecule has 0 aliphatic carbocycles. The fourth-order valence-corrected chi connectivity index (χ4v) is 6.93. The number of aromatic nitrogens is 4. The Morgan fingerprint density at radius 2 is 2.12 bits per heavy atom. The molecule has 1 saturated heterocycles. The lowest BCUT2D eigenvalue weighted by atomic mass is 9.95. The predicted molar refractivity (Wildman–Crippen MR) is 125 cm³/mol. The lowest BCUT2D eigenvalue weighted by Gasteiger charge is -2.34. The number of ether oxygens (including phenoxy) is 1. The number of fused-ring (bicyclic) bond motifs is 3. The third-order valence-electron chi connectivity index (χ3n) is 6.83. The summed E-state index contributed by atoms with van der Waals surface area (Å²) in [5.41, 5.74) is 3.64. The number of amides is 1. The number of imidazole rings is 1. The molecule has 5 rings (SSSR count). The van der Waals surface area contributed by atoms with Gasteiger partial charge in [0, 0.05) is 43.0 Å². The van der Waals surface area contributed by atoms with Gasteiger partial charge in [-0.2, -0.15) is 5.10 Å². The quantitative estimate of drug-likeness (QED) is 0.580. The molecule has 2 aliphatic rings. The number of anilines is 1. The van der Waals surface area contributed by atoms with Gasteiger partial charge in [-0.3, -0.25) is 9.58 Å². The molecule has 1 aromatic carbocycles. The van der Waals surface area contributed by atoms with Crippen molar-refractivity contribution >= 4 is 32.7 Å². The number of benzene rings is 1. The van der Waals surface area contributed by atoms with Crippen molar-refractivity contribution in [1.82, 2.24) is 19.3 Å². The zero-order valence-electron chi connectivity index (χ0n) is 19.0. The van der Waals surface area contributed by atoms with Crippen LogP contribution in [0.5, 0.6) is 0 Å². The molecule has 9 nitrogen and oxygen atoms in total. The smallest absolute Gasteiger partial charge is 0.414 e. The van der Waals surface area contributed by atoms with Gasteiger partial charge in [0.1, 0.15) is 5.82 Å². The number of carbonyl (C=O) groups is 1. The standard InChI is InChI=1S/C23H29N5O4S/c1-16-6-7-18-19(27(16)23(29)32-2)8-9-20-22(18)25-21(10-13-26-12-4-11-24-26)28(20)17-5-3-14-33(30,31)15-17/h4,8-9,11-12,16-17H,3,5-7,10,13-15H2,1-2H3/t16-,17?/m0/s1. The third kappa shape index (κ3) is 4.01. The largest absolute Gasteiger partial charge is 0.452 e. The lowest BCUT2D eigenvalue weighted by molar-refractivity contribution is 0.175. The molecule has 10 heteroatoms. The van der Waals surface area contributed by atoms with Crippen LogP contribution in [0.4, 0.5) is 10.5 Å². The average molecular weight is 472 g/mol. The summed E-state index contributed by atoms with van der Waals surface area (Å²) in [6.45, 7) is 2.67. The Kier molecular flexibility index (Phi) is 5.64. The molecule has 0 radical (unpaired) electrons. The molecule has 2 aromatic heterocycles. The van der Waals surface area contributed by atoms with Gasteiger partial charge in [0.05, 0.1) is 35.3 Å². The third-order valence-corrected chi connectivity index (χ3v) is 8.63. The van der Waals surface area contributed by atoms with Gasteiger partial charge < -0.3 is 9.30 Å². The zero-order valence-corrected chi connectivity index (χ0v) is 19.8. The Morgan fingerprint density at radius 1 is 1.27 bits per heavy atom. The van der Waals surface area contributed by atoms with E-state index >= 15 is 0 Å². The first kappa shape index (κ1) is 21.9. The van der Waals surface area contributed by atoms with E-state index in [0.717, 1.165) is 47.4 Å². The lowest BCUT2D eigenvalue weighted by Crippen LogP contribution is -2.42. The minimum absolute atomic E-state index is 0.0345. The van der Waals surface area contributed by atoms with Gasteiger partial charge in [0.15, 0.2) is 9.84 Å². The second-order valence-corrected chi connectivity index (χ2v) is 11.2. The van der Waals surface area contributed by atoms with Crippen molar-refractivity contribution in [2.45, 2.75) is 57.7 Å². The maximum Gasteiger partial charge on any atom is 0.414 e. The number of aryl methyl sites for hydroxylation is 3. The first-order valence-electron chi connectivity index (χ1n) is 11.5. The van der Waals surface area contributed by atoms with Crippen molar-refractivity contribution < 1.29 is 17.9 Å². The molecule has 33 heavy (non-hydrogen) atoms. The molecule has 2 aliphatic heterocycles. The van der Waals surface area contributed by atoms with Gasteiger partial charge in [-0.15, -0.1) is 0 Å². The number of rotatable bonds is 4. The summed E-state index contributed by atoms with van der Waals surface area (Å²) in [4.78, 5) is 19.2. The van der Waals surface area contributed by atoms with Crippen molar-refractivity contribution in [2.75, 3.05) is 23.5 Å². The van der Waals surface area contributed by atoms with Gasteiger partial charge >= 0.3 is 6.09 Å². The molecule has 0 spiro atoms. The first-order chi connectivity index (χ1) is 15.9. The zero-order chi connectivity index (χ0) is 23.2. The van der Waals surface area contributed by atoms with E-state index in [2.05, 4.69) is 9.67 Å². The van der Waals surface area contributed by atoms with E-state index in [4.69, 9.17) is 9.72 Å². The van der Waals surface area contributed by atoms with Crippen LogP contribution in [0, 0.1) is 0 Å². The Labute approximate surface area is 193 Å². The number of hydrogen-bond donors (Lipinski definition) is 0. The van der Waals surface area contributed by atoms with Crippen molar-refractivity contribution in [3.63, 3.8) is 0 Å². The van der Waals surface area contributed by atoms with Crippen LogP contribution in [0.15, 0.2) is 30.6 Å². The molecule has 1 unspecified atom stereocenters. The van der Waals surface area contributed by atoms with Crippen molar-refractivity contribution in [2.24, 2.45) is 0 Å². The Balaban J connectivity index is 1.63. The van der Waals surface area contributed by atoms with Gasteiger partial charge in [-0.25, -0.2) is 18.2 Å². The van der Waals surface area contributed by atoms with E-state index in [0.29, 0.717) is 19.4 Å². The molecule has 0 saturated carbocycles. The minimum Gasteiger partial charge on any atom is -0.452 e. The molecule has 0 bridgehead atoms. The molecule has 3 aromatic rings. The number of carbonyl (C=O) groups excluding carboxylic acids is 1. The summed E-state index contributed by atoms with van der Waals surface area (Å²) in [6.07, 6.45) is 7.00. The molecule has 4 heterocycles. The summed E-state index contributed by atoms with van der Waals surface area (Å²) in [5.74, 6) is 1.25. The summed E-state index contributed by atoms with van der Waals surface area (Å²) < 4.78 is 34.0. The molecule has 0 N–H and O–H groups in total. The van der Waals surface area contributed by atoms with E-state index in [9.17, 15) is 13.2 Å². The van der Waals surface area contributed by atoms with Crippen LogP contribution in [0.25, 0.3) is 11.0 Å². The summed E-state index contributed by atoms with van der Waals surface area (Å²) in [5, 5.41) is 4.29. The predicted octanol–water partition coefficient (Wildman–Crippen LogP) is 3.13. The Bertz CT molecular complexity index is 1280. The number of methoxy groups -OCH3 is 1. The monoisotopic (exact) mass is 471 g/mol. The van der Waals surface area contributed by atoms with Crippen molar-refractivity contribution in [1.29, 1.82) is 0 Å². The molecule has 1 amide bonds. The van der Waals surface area contributed by atoms with Crippen molar-refractivity contribution in [3.8, 4) is 0 Å². The molecular formula is C23H29N5O4S. The summed E-state index contributed by atoms with van der Waals surface area (Å²) >= 11 is 0. The minimum atomic E-state index is -3.09. The van der Waals surface area contributed by atoms with Gasteiger partial charge in [-0.1, -0.05) is 0 Å². The second kappa shape index (κ2) is 8.48. The summed E-state index contributed by atoms with van der Waals surface area (Å²) in [6, 6.07) is 5.71. The topological polar surface area (TPSA) is 99.3 Å². The molecule has 2 atom stereocenters. The second-order valence-electron chi connectivity index (χ2n) is 8.99. The molecular weight excluding hydrogens is 442 g/mol. The number of sulfone groups is 1. The maximum absolute atomic E-state index is 12.5. The van der Waals surface area contributed by atoms with E-state index < -0.39 is 9.84 Å². The first-order valence-corrected chi connectivity index (χ1v) is 13.3. The molecule has 1 fully saturated rings. The van der Waals surface area contributed by atoms with Crippen LogP contribution in [0.1, 0.15) is 43.6 Å². The van der Waals surface area contributed by atoms with Crippen LogP contribution in [0.2, 0.25) is 0 Å². The van der Waals surface area contributed by atoms with E-state index in [-0.39, 0.29) is 29.7 Å². The van der Waals surface area contributed by atoms with E-state index in [1.165, 1.54) is 7.11 Å². The Hall–Kier alpha value is -2.88.